The standard InChI is InChI=1S/C24H21ClN4O4S2/c1-3-11-29-21(15-8-5-6-9-17(15)25)27-28-24(29)35-14-19(30)26-22-20(23(31)32-4-2)16(13-34-22)18-10-7-12-33-18/h3,5-10,12-13H,1,4,11,14H2,2H3,(H,26,30). The molecule has 0 radical (unpaired) electrons. The number of carbonyl (C=O) groups is 2. The van der Waals surface area contributed by atoms with E-state index in [4.69, 9.17) is 20.8 Å². The van der Waals surface area contributed by atoms with Gasteiger partial charge in [0.1, 0.15) is 16.3 Å². The molecule has 1 N–H and O–H groups in total. The second-order valence-electron chi connectivity index (χ2n) is 7.07. The predicted octanol–water partition coefficient (Wildman–Crippen LogP) is 6.01. The molecular formula is C24H21ClN4O4S2. The summed E-state index contributed by atoms with van der Waals surface area (Å²) in [4.78, 5) is 25.4. The van der Waals surface area contributed by atoms with Crippen molar-refractivity contribution in [3.8, 4) is 22.7 Å². The Kier molecular flexibility index (Phi) is 8.06. The fraction of sp³-hybridized carbons (Fsp3) is 0.167. The number of hydrogen-bond donors (Lipinski definition) is 1. The molecule has 0 unspecified atom stereocenters. The second kappa shape index (κ2) is 11.4. The van der Waals surface area contributed by atoms with Crippen molar-refractivity contribution in [3.05, 3.63) is 71.3 Å². The number of hydrogen-bond acceptors (Lipinski definition) is 8. The van der Waals surface area contributed by atoms with E-state index in [0.29, 0.717) is 38.9 Å². The Morgan fingerprint density at radius 2 is 2.09 bits per heavy atom. The summed E-state index contributed by atoms with van der Waals surface area (Å²) in [6.45, 7) is 6.18. The number of nitrogens with zero attached hydrogens (tertiary/aromatic N) is 3. The van der Waals surface area contributed by atoms with E-state index in [-0.39, 0.29) is 23.8 Å². The summed E-state index contributed by atoms with van der Waals surface area (Å²) in [5, 5.41) is 14.6. The maximum Gasteiger partial charge on any atom is 0.341 e. The predicted molar refractivity (Wildman–Crippen MR) is 138 cm³/mol. The molecule has 0 aliphatic rings. The first-order chi connectivity index (χ1) is 17.0. The summed E-state index contributed by atoms with van der Waals surface area (Å²) >= 11 is 8.79. The van der Waals surface area contributed by atoms with Crippen molar-refractivity contribution in [3.63, 3.8) is 0 Å². The highest BCUT2D eigenvalue weighted by atomic mass is 35.5. The molecule has 0 bridgehead atoms. The number of nitrogens with one attached hydrogen (secondary N) is 1. The molecule has 180 valence electrons. The lowest BCUT2D eigenvalue weighted by Gasteiger charge is -2.09. The molecule has 11 heteroatoms. The van der Waals surface area contributed by atoms with Crippen LogP contribution >= 0.6 is 34.7 Å². The Morgan fingerprint density at radius 3 is 2.80 bits per heavy atom. The van der Waals surface area contributed by atoms with Gasteiger partial charge in [-0.15, -0.1) is 28.1 Å². The van der Waals surface area contributed by atoms with Crippen LogP contribution in [-0.2, 0) is 16.1 Å². The maximum atomic E-state index is 12.8. The largest absolute Gasteiger partial charge is 0.464 e. The fourth-order valence-corrected chi connectivity index (χ4v) is 5.21. The minimum atomic E-state index is -0.529. The number of carbonyl (C=O) groups excluding carboxylic acids is 2. The molecule has 8 nitrogen and oxygen atoms in total. The molecule has 3 aromatic heterocycles. The number of benzene rings is 1. The fourth-order valence-electron chi connectivity index (χ4n) is 3.29. The first kappa shape index (κ1) is 24.8. The Bertz CT molecular complexity index is 1350. The third-order valence-electron chi connectivity index (χ3n) is 4.79. The van der Waals surface area contributed by atoms with Gasteiger partial charge in [-0.25, -0.2) is 4.79 Å². The van der Waals surface area contributed by atoms with Crippen molar-refractivity contribution >= 4 is 51.6 Å². The molecule has 1 aromatic carbocycles. The molecule has 0 spiro atoms. The lowest BCUT2D eigenvalue weighted by Crippen LogP contribution is -2.16. The van der Waals surface area contributed by atoms with Crippen LogP contribution in [0.5, 0.6) is 0 Å². The molecule has 0 saturated heterocycles. The van der Waals surface area contributed by atoms with Crippen molar-refractivity contribution < 1.29 is 18.7 Å². The first-order valence-electron chi connectivity index (χ1n) is 10.6. The number of aromatic nitrogens is 3. The Balaban J connectivity index is 1.52. The number of thiophene rings is 1. The van der Waals surface area contributed by atoms with Gasteiger partial charge in [-0.1, -0.05) is 41.6 Å². The van der Waals surface area contributed by atoms with Gasteiger partial charge < -0.3 is 14.5 Å². The average molecular weight is 529 g/mol. The lowest BCUT2D eigenvalue weighted by atomic mass is 10.1. The summed E-state index contributed by atoms with van der Waals surface area (Å²) in [7, 11) is 0. The van der Waals surface area contributed by atoms with Crippen molar-refractivity contribution in [2.75, 3.05) is 17.7 Å². The first-order valence-corrected chi connectivity index (χ1v) is 12.8. The molecular weight excluding hydrogens is 508 g/mol. The topological polar surface area (TPSA) is 99.3 Å². The number of anilines is 1. The van der Waals surface area contributed by atoms with E-state index in [1.807, 2.05) is 22.8 Å². The van der Waals surface area contributed by atoms with Crippen LogP contribution in [0.3, 0.4) is 0 Å². The molecule has 3 heterocycles. The van der Waals surface area contributed by atoms with Gasteiger partial charge in [0.15, 0.2) is 11.0 Å². The van der Waals surface area contributed by atoms with E-state index >= 15 is 0 Å². The molecule has 0 fully saturated rings. The Labute approximate surface area is 215 Å². The number of furan rings is 1. The van der Waals surface area contributed by atoms with Crippen molar-refractivity contribution in [2.45, 2.75) is 18.6 Å². The van der Waals surface area contributed by atoms with E-state index in [0.717, 1.165) is 5.56 Å². The minimum Gasteiger partial charge on any atom is -0.464 e. The smallest absolute Gasteiger partial charge is 0.341 e. The number of halogens is 1. The van der Waals surface area contributed by atoms with Crippen LogP contribution in [-0.4, -0.2) is 39.0 Å². The van der Waals surface area contributed by atoms with E-state index in [9.17, 15) is 9.59 Å². The van der Waals surface area contributed by atoms with Crippen LogP contribution < -0.4 is 5.32 Å². The number of allylic oxidation sites excluding steroid dienone is 1. The molecule has 0 aliphatic heterocycles. The van der Waals surface area contributed by atoms with Crippen molar-refractivity contribution in [1.29, 1.82) is 0 Å². The number of amides is 1. The minimum absolute atomic E-state index is 0.0497. The van der Waals surface area contributed by atoms with Crippen LogP contribution in [0.1, 0.15) is 17.3 Å². The summed E-state index contributed by atoms with van der Waals surface area (Å²) < 4.78 is 12.5. The zero-order valence-electron chi connectivity index (χ0n) is 18.7. The summed E-state index contributed by atoms with van der Waals surface area (Å²) in [6, 6.07) is 10.8. The summed E-state index contributed by atoms with van der Waals surface area (Å²) in [6.07, 6.45) is 3.24. The van der Waals surface area contributed by atoms with E-state index in [2.05, 4.69) is 22.1 Å². The van der Waals surface area contributed by atoms with E-state index < -0.39 is 5.97 Å². The van der Waals surface area contributed by atoms with Gasteiger partial charge in [0.25, 0.3) is 0 Å². The maximum absolute atomic E-state index is 12.8. The lowest BCUT2D eigenvalue weighted by molar-refractivity contribution is -0.113. The quantitative estimate of drug-likeness (QED) is 0.153. The molecule has 4 rings (SSSR count). The van der Waals surface area contributed by atoms with Gasteiger partial charge in [0.05, 0.1) is 23.6 Å². The zero-order valence-corrected chi connectivity index (χ0v) is 21.1. The van der Waals surface area contributed by atoms with Crippen LogP contribution in [0, 0.1) is 0 Å². The molecule has 4 aromatic rings. The molecule has 0 atom stereocenters. The zero-order chi connectivity index (χ0) is 24.8. The van der Waals surface area contributed by atoms with Crippen LogP contribution in [0.2, 0.25) is 5.02 Å². The van der Waals surface area contributed by atoms with Crippen molar-refractivity contribution in [1.82, 2.24) is 14.8 Å². The van der Waals surface area contributed by atoms with Gasteiger partial charge in [-0.2, -0.15) is 0 Å². The highest BCUT2D eigenvalue weighted by Crippen LogP contribution is 2.37. The van der Waals surface area contributed by atoms with Gasteiger partial charge in [0.2, 0.25) is 5.91 Å². The Morgan fingerprint density at radius 1 is 1.26 bits per heavy atom. The second-order valence-corrected chi connectivity index (χ2v) is 9.30. The van der Waals surface area contributed by atoms with Crippen LogP contribution in [0.15, 0.2) is 70.3 Å². The van der Waals surface area contributed by atoms with Crippen LogP contribution in [0.4, 0.5) is 5.00 Å². The van der Waals surface area contributed by atoms with Gasteiger partial charge in [-0.05, 0) is 31.2 Å². The van der Waals surface area contributed by atoms with Gasteiger partial charge in [-0.3, -0.25) is 9.36 Å². The highest BCUT2D eigenvalue weighted by Gasteiger charge is 2.24. The van der Waals surface area contributed by atoms with Gasteiger partial charge >= 0.3 is 5.97 Å². The molecule has 35 heavy (non-hydrogen) atoms. The van der Waals surface area contributed by atoms with Crippen LogP contribution in [0.25, 0.3) is 22.7 Å². The third-order valence-corrected chi connectivity index (χ3v) is 6.98. The molecule has 0 saturated carbocycles. The Hall–Kier alpha value is -3.34. The number of thioether (sulfide) groups is 1. The van der Waals surface area contributed by atoms with E-state index in [1.54, 1.807) is 36.6 Å². The third kappa shape index (κ3) is 5.50. The number of esters is 1. The average Bonchev–Trinajstić information content (AvgIpc) is 3.59. The van der Waals surface area contributed by atoms with Gasteiger partial charge in [0, 0.05) is 23.1 Å². The van der Waals surface area contributed by atoms with Crippen molar-refractivity contribution in [2.24, 2.45) is 0 Å². The number of rotatable bonds is 10. The molecule has 1 amide bonds. The SMILES string of the molecule is C=CCn1c(SCC(=O)Nc2scc(-c3ccco3)c2C(=O)OCC)nnc1-c1ccccc1Cl. The summed E-state index contributed by atoms with van der Waals surface area (Å²) in [5.41, 5.74) is 1.57. The monoisotopic (exact) mass is 528 g/mol. The molecule has 0 aliphatic carbocycles. The van der Waals surface area contributed by atoms with E-state index in [1.165, 1.54) is 29.4 Å². The highest BCUT2D eigenvalue weighted by molar-refractivity contribution is 7.99. The number of ether oxygens (including phenoxy) is 1. The summed E-state index contributed by atoms with van der Waals surface area (Å²) in [5.74, 6) is 0.320. The normalized spacial score (nSPS) is 10.8.